The molecule has 0 aliphatic heterocycles. The fourth-order valence-electron chi connectivity index (χ4n) is 5.88. The van der Waals surface area contributed by atoms with E-state index in [1.54, 1.807) is 0 Å². The number of nitrogens with zero attached hydrogens (tertiary/aromatic N) is 1. The van der Waals surface area contributed by atoms with Crippen LogP contribution in [0.1, 0.15) is 45.4 Å². The Morgan fingerprint density at radius 1 is 1.10 bits per heavy atom. The molecule has 0 saturated heterocycles. The van der Waals surface area contributed by atoms with Gasteiger partial charge in [0.1, 0.15) is 0 Å². The van der Waals surface area contributed by atoms with Gasteiger partial charge in [-0.2, -0.15) is 0 Å². The van der Waals surface area contributed by atoms with E-state index >= 15 is 0 Å². The SMILES string of the molecule is CCN(c1cccc(N)c1)C12CC3CC(CC(C3)C1)C2. The van der Waals surface area contributed by atoms with Gasteiger partial charge < -0.3 is 10.6 Å². The molecule has 0 aromatic heterocycles. The van der Waals surface area contributed by atoms with Crippen LogP contribution >= 0.6 is 0 Å². The van der Waals surface area contributed by atoms with Crippen LogP contribution in [0.2, 0.25) is 0 Å². The van der Waals surface area contributed by atoms with E-state index in [2.05, 4.69) is 30.0 Å². The summed E-state index contributed by atoms with van der Waals surface area (Å²) in [7, 11) is 0. The van der Waals surface area contributed by atoms with Crippen molar-refractivity contribution in [1.29, 1.82) is 0 Å². The van der Waals surface area contributed by atoms with Crippen molar-refractivity contribution in [3.05, 3.63) is 24.3 Å². The van der Waals surface area contributed by atoms with Crippen molar-refractivity contribution >= 4 is 11.4 Å². The quantitative estimate of drug-likeness (QED) is 0.839. The highest BCUT2D eigenvalue weighted by Gasteiger charge is 2.53. The first-order chi connectivity index (χ1) is 9.68. The Hall–Kier alpha value is -1.18. The summed E-state index contributed by atoms with van der Waals surface area (Å²) >= 11 is 0. The van der Waals surface area contributed by atoms with Crippen LogP contribution in [0.25, 0.3) is 0 Å². The summed E-state index contributed by atoms with van der Waals surface area (Å²) in [6.45, 7) is 3.41. The summed E-state index contributed by atoms with van der Waals surface area (Å²) in [5.74, 6) is 2.99. The standard InChI is InChI=1S/C18H26N2/c1-2-20(17-5-3-4-16(19)9-17)18-10-13-6-14(11-18)8-15(7-13)12-18/h3-5,9,13-15H,2,6-8,10-12,19H2,1H3. The van der Waals surface area contributed by atoms with Gasteiger partial charge in [0.2, 0.25) is 0 Å². The Balaban J connectivity index is 1.70. The van der Waals surface area contributed by atoms with E-state index in [1.807, 2.05) is 6.07 Å². The van der Waals surface area contributed by atoms with E-state index in [4.69, 9.17) is 5.73 Å². The van der Waals surface area contributed by atoms with Crippen molar-refractivity contribution in [2.24, 2.45) is 17.8 Å². The maximum Gasteiger partial charge on any atom is 0.0410 e. The third-order valence-corrected chi connectivity index (χ3v) is 6.08. The number of benzene rings is 1. The monoisotopic (exact) mass is 270 g/mol. The molecule has 0 atom stereocenters. The highest BCUT2D eigenvalue weighted by molar-refractivity contribution is 5.57. The summed E-state index contributed by atoms with van der Waals surface area (Å²) in [6, 6.07) is 8.52. The first-order valence-corrected chi connectivity index (χ1v) is 8.32. The number of hydrogen-bond donors (Lipinski definition) is 1. The molecule has 0 radical (unpaired) electrons. The molecule has 4 aliphatic carbocycles. The number of anilines is 2. The van der Waals surface area contributed by atoms with E-state index in [9.17, 15) is 0 Å². The summed E-state index contributed by atoms with van der Waals surface area (Å²) in [4.78, 5) is 2.69. The van der Waals surface area contributed by atoms with Gasteiger partial charge in [-0.15, -0.1) is 0 Å². The zero-order valence-corrected chi connectivity index (χ0v) is 12.5. The Bertz CT molecular complexity index is 473. The van der Waals surface area contributed by atoms with Crippen molar-refractivity contribution in [1.82, 2.24) is 0 Å². The molecular formula is C18H26N2. The lowest BCUT2D eigenvalue weighted by Gasteiger charge is -2.61. The van der Waals surface area contributed by atoms with Gasteiger partial charge in [-0.3, -0.25) is 0 Å². The Morgan fingerprint density at radius 3 is 2.20 bits per heavy atom. The van der Waals surface area contributed by atoms with E-state index in [0.717, 1.165) is 30.0 Å². The van der Waals surface area contributed by atoms with Crippen LogP contribution in [0.4, 0.5) is 11.4 Å². The van der Waals surface area contributed by atoms with Gasteiger partial charge in [0.05, 0.1) is 0 Å². The van der Waals surface area contributed by atoms with Crippen LogP contribution in [0.15, 0.2) is 24.3 Å². The van der Waals surface area contributed by atoms with Crippen LogP contribution < -0.4 is 10.6 Å². The van der Waals surface area contributed by atoms with Gasteiger partial charge in [0.25, 0.3) is 0 Å². The zero-order valence-electron chi connectivity index (χ0n) is 12.5. The molecule has 5 rings (SSSR count). The van der Waals surface area contributed by atoms with Crippen molar-refractivity contribution in [3.63, 3.8) is 0 Å². The van der Waals surface area contributed by atoms with E-state index in [1.165, 1.54) is 44.2 Å². The number of nitrogen functional groups attached to an aromatic ring is 1. The molecule has 4 saturated carbocycles. The summed E-state index contributed by atoms with van der Waals surface area (Å²) in [6.07, 6.45) is 8.78. The molecule has 1 aromatic rings. The van der Waals surface area contributed by atoms with E-state index in [0.29, 0.717) is 5.54 Å². The first kappa shape index (κ1) is 12.6. The maximum atomic E-state index is 6.02. The molecule has 1 aromatic carbocycles. The largest absolute Gasteiger partial charge is 0.399 e. The van der Waals surface area contributed by atoms with E-state index in [-0.39, 0.29) is 0 Å². The van der Waals surface area contributed by atoms with Crippen LogP contribution in [0, 0.1) is 17.8 Å². The lowest BCUT2D eigenvalue weighted by Crippen LogP contribution is -2.60. The molecule has 0 amide bonds. The average Bonchev–Trinajstić information content (AvgIpc) is 2.37. The lowest BCUT2D eigenvalue weighted by molar-refractivity contribution is -0.00387. The van der Waals surface area contributed by atoms with Crippen LogP contribution in [-0.2, 0) is 0 Å². The second kappa shape index (κ2) is 4.41. The summed E-state index contributed by atoms with van der Waals surface area (Å²) in [5.41, 5.74) is 8.69. The van der Waals surface area contributed by atoms with Gasteiger partial charge in [-0.1, -0.05) is 6.07 Å². The zero-order chi connectivity index (χ0) is 13.7. The third-order valence-electron chi connectivity index (χ3n) is 6.08. The van der Waals surface area contributed by atoms with Crippen molar-refractivity contribution in [3.8, 4) is 0 Å². The molecule has 2 heteroatoms. The van der Waals surface area contributed by atoms with Gasteiger partial charge in [0, 0.05) is 23.5 Å². The van der Waals surface area contributed by atoms with Crippen LogP contribution in [0.3, 0.4) is 0 Å². The normalized spacial score (nSPS) is 38.1. The maximum absolute atomic E-state index is 6.02. The molecule has 0 unspecified atom stereocenters. The Morgan fingerprint density at radius 2 is 1.70 bits per heavy atom. The Labute approximate surface area is 122 Å². The second-order valence-corrected chi connectivity index (χ2v) is 7.48. The van der Waals surface area contributed by atoms with Crippen molar-refractivity contribution in [2.75, 3.05) is 17.2 Å². The second-order valence-electron chi connectivity index (χ2n) is 7.48. The van der Waals surface area contributed by atoms with Crippen molar-refractivity contribution < 1.29 is 0 Å². The van der Waals surface area contributed by atoms with Gasteiger partial charge in [-0.05, 0) is 81.4 Å². The molecule has 0 spiro atoms. The van der Waals surface area contributed by atoms with Crippen LogP contribution in [0.5, 0.6) is 0 Å². The third kappa shape index (κ3) is 1.84. The minimum absolute atomic E-state index is 0.442. The number of rotatable bonds is 3. The fraction of sp³-hybridized carbons (Fsp3) is 0.667. The molecular weight excluding hydrogens is 244 g/mol. The van der Waals surface area contributed by atoms with Gasteiger partial charge in [-0.25, -0.2) is 0 Å². The molecule has 0 heterocycles. The van der Waals surface area contributed by atoms with Crippen LogP contribution in [-0.4, -0.2) is 12.1 Å². The highest BCUT2D eigenvalue weighted by Crippen LogP contribution is 2.58. The lowest BCUT2D eigenvalue weighted by atomic mass is 9.52. The molecule has 2 nitrogen and oxygen atoms in total. The predicted octanol–water partition coefficient (Wildman–Crippen LogP) is 4.06. The highest BCUT2D eigenvalue weighted by atomic mass is 15.2. The first-order valence-electron chi connectivity index (χ1n) is 8.32. The number of nitrogens with two attached hydrogens (primary N) is 1. The molecule has 4 fully saturated rings. The predicted molar refractivity (Wildman–Crippen MR) is 84.8 cm³/mol. The minimum Gasteiger partial charge on any atom is -0.399 e. The molecule has 4 bridgehead atoms. The van der Waals surface area contributed by atoms with E-state index < -0.39 is 0 Å². The average molecular weight is 270 g/mol. The smallest absolute Gasteiger partial charge is 0.0410 e. The van der Waals surface area contributed by atoms with Gasteiger partial charge in [0.15, 0.2) is 0 Å². The van der Waals surface area contributed by atoms with Gasteiger partial charge >= 0.3 is 0 Å². The Kier molecular flexibility index (Phi) is 2.77. The molecule has 20 heavy (non-hydrogen) atoms. The molecule has 2 N–H and O–H groups in total. The summed E-state index contributed by atoms with van der Waals surface area (Å²) in [5, 5.41) is 0. The molecule has 108 valence electrons. The van der Waals surface area contributed by atoms with Crippen molar-refractivity contribution in [2.45, 2.75) is 51.0 Å². The number of hydrogen-bond acceptors (Lipinski definition) is 2. The molecule has 4 aliphatic rings. The fourth-order valence-corrected chi connectivity index (χ4v) is 5.88. The summed E-state index contributed by atoms with van der Waals surface area (Å²) < 4.78 is 0. The minimum atomic E-state index is 0.442. The topological polar surface area (TPSA) is 29.3 Å².